The largest absolute Gasteiger partial charge is 0.492 e. The number of fused-ring (bicyclic) bond motifs is 2. The van der Waals surface area contributed by atoms with Crippen LogP contribution in [-0.4, -0.2) is 57.3 Å². The van der Waals surface area contributed by atoms with E-state index in [0.29, 0.717) is 37.5 Å². The summed E-state index contributed by atoms with van der Waals surface area (Å²) in [5, 5.41) is 2.98. The normalized spacial score (nSPS) is 15.8. The Morgan fingerprint density at radius 2 is 1.77 bits per heavy atom. The number of carbonyl (C=O) groups excluding carboxylic acids is 2. The third-order valence-corrected chi connectivity index (χ3v) is 8.82. The molecule has 1 saturated heterocycles. The lowest BCUT2D eigenvalue weighted by atomic mass is 10.1. The molecule has 4 heterocycles. The van der Waals surface area contributed by atoms with Crippen LogP contribution in [0.2, 0.25) is 0 Å². The minimum Gasteiger partial charge on any atom is -0.492 e. The van der Waals surface area contributed by atoms with Crippen LogP contribution < -0.4 is 9.47 Å². The molecule has 9 heteroatoms. The number of nitrogens with zero attached hydrogens (tertiary/aromatic N) is 3. The van der Waals surface area contributed by atoms with Gasteiger partial charge in [0, 0.05) is 55.3 Å². The number of para-hydroxylation sites is 1. The molecule has 0 radical (unpaired) electrons. The van der Waals surface area contributed by atoms with E-state index < -0.39 is 5.60 Å². The second-order valence-corrected chi connectivity index (χ2v) is 13.3. The zero-order chi connectivity index (χ0) is 30.8. The van der Waals surface area contributed by atoms with Gasteiger partial charge in [-0.25, -0.2) is 4.79 Å². The number of amides is 1. The topological polar surface area (TPSA) is 74.9 Å². The van der Waals surface area contributed by atoms with E-state index >= 15 is 0 Å². The number of thiophene rings is 1. The molecule has 6 rings (SSSR count). The Bertz CT molecular complexity index is 1790. The summed E-state index contributed by atoms with van der Waals surface area (Å²) in [7, 11) is 1.95. The maximum Gasteiger partial charge on any atom is 0.410 e. The minimum absolute atomic E-state index is 0.0138. The number of carbonyl (C=O) groups is 2. The molecule has 1 aliphatic rings. The highest BCUT2D eigenvalue weighted by molar-refractivity contribution is 7.17. The zero-order valence-corrected chi connectivity index (χ0v) is 26.6. The van der Waals surface area contributed by atoms with E-state index in [4.69, 9.17) is 14.2 Å². The summed E-state index contributed by atoms with van der Waals surface area (Å²) in [6, 6.07) is 19.8. The Morgan fingerprint density at radius 3 is 2.59 bits per heavy atom. The second-order valence-electron chi connectivity index (χ2n) is 12.3. The van der Waals surface area contributed by atoms with Gasteiger partial charge in [-0.2, -0.15) is 0 Å². The van der Waals surface area contributed by atoms with Gasteiger partial charge in [-0.1, -0.05) is 24.3 Å². The molecule has 2 aromatic carbocycles. The van der Waals surface area contributed by atoms with Crippen LogP contribution in [0.3, 0.4) is 0 Å². The van der Waals surface area contributed by atoms with Crippen LogP contribution in [0.4, 0.5) is 4.79 Å². The maximum atomic E-state index is 13.7. The average molecular weight is 614 g/mol. The molecule has 0 spiro atoms. The van der Waals surface area contributed by atoms with Crippen molar-refractivity contribution in [1.29, 1.82) is 0 Å². The van der Waals surface area contributed by atoms with Gasteiger partial charge >= 0.3 is 6.09 Å². The smallest absolute Gasteiger partial charge is 0.410 e. The fourth-order valence-electron chi connectivity index (χ4n) is 5.80. The van der Waals surface area contributed by atoms with E-state index in [0.717, 1.165) is 51.9 Å². The van der Waals surface area contributed by atoms with Crippen LogP contribution in [0.25, 0.3) is 21.1 Å². The summed E-state index contributed by atoms with van der Waals surface area (Å²) in [5.41, 5.74) is 2.95. The van der Waals surface area contributed by atoms with Gasteiger partial charge in [-0.3, -0.25) is 4.79 Å². The van der Waals surface area contributed by atoms with E-state index in [-0.39, 0.29) is 18.0 Å². The van der Waals surface area contributed by atoms with E-state index in [9.17, 15) is 9.59 Å². The first-order chi connectivity index (χ1) is 21.2. The summed E-state index contributed by atoms with van der Waals surface area (Å²) in [5.74, 6) is 1.49. The van der Waals surface area contributed by atoms with E-state index in [1.165, 1.54) is 0 Å². The van der Waals surface area contributed by atoms with Crippen molar-refractivity contribution < 1.29 is 23.8 Å². The molecule has 1 fully saturated rings. The molecular formula is C35H39N3O5S. The average Bonchev–Trinajstić information content (AvgIpc) is 3.63. The van der Waals surface area contributed by atoms with Crippen LogP contribution in [0.1, 0.15) is 56.1 Å². The number of aryl methyl sites for hydroxylation is 1. The Labute approximate surface area is 261 Å². The zero-order valence-electron chi connectivity index (χ0n) is 25.7. The standard InChI is InChI=1S/C35H39N3O5S/c1-35(2,3)43-34(40)37-16-8-11-24(14-17-37)42-26-10-7-9-25(21-26)41-19-18-38-23-28(27-12-5-6-13-29(27)38)33(39)31-22-32-30(36(31)4)15-20-44-32/h5-7,9-10,12-13,15,20-24H,8,11,14,16-19H2,1-4H3. The number of benzene rings is 2. The van der Waals surface area contributed by atoms with Crippen LogP contribution >= 0.6 is 11.3 Å². The summed E-state index contributed by atoms with van der Waals surface area (Å²) in [6.45, 7) is 7.95. The van der Waals surface area contributed by atoms with Crippen LogP contribution in [0.5, 0.6) is 11.5 Å². The number of likely N-dealkylation sites (tertiary alicyclic amines) is 1. The molecule has 1 amide bonds. The molecule has 0 aliphatic carbocycles. The van der Waals surface area contributed by atoms with Crippen molar-refractivity contribution in [2.45, 2.75) is 58.3 Å². The highest BCUT2D eigenvalue weighted by Crippen LogP contribution is 2.29. The van der Waals surface area contributed by atoms with Crippen molar-refractivity contribution in [3.63, 3.8) is 0 Å². The third-order valence-electron chi connectivity index (χ3n) is 7.97. The molecule has 0 N–H and O–H groups in total. The molecule has 0 bridgehead atoms. The van der Waals surface area contributed by atoms with Crippen LogP contribution in [0.15, 0.2) is 72.2 Å². The maximum absolute atomic E-state index is 13.7. The number of ketones is 1. The Morgan fingerprint density at radius 1 is 0.955 bits per heavy atom. The molecule has 3 aromatic heterocycles. The molecule has 1 unspecified atom stereocenters. The van der Waals surface area contributed by atoms with Crippen molar-refractivity contribution >= 4 is 44.3 Å². The predicted octanol–water partition coefficient (Wildman–Crippen LogP) is 7.67. The van der Waals surface area contributed by atoms with Gasteiger partial charge in [0.15, 0.2) is 0 Å². The predicted molar refractivity (Wildman–Crippen MR) is 174 cm³/mol. The highest BCUT2D eigenvalue weighted by atomic mass is 32.1. The Hall–Kier alpha value is -4.24. The number of hydrogen-bond donors (Lipinski definition) is 0. The van der Waals surface area contributed by atoms with Gasteiger partial charge < -0.3 is 28.2 Å². The minimum atomic E-state index is -0.507. The fourth-order valence-corrected chi connectivity index (χ4v) is 6.65. The molecule has 1 atom stereocenters. The lowest BCUT2D eigenvalue weighted by Gasteiger charge is -2.26. The van der Waals surface area contributed by atoms with Crippen molar-refractivity contribution in [3.8, 4) is 11.5 Å². The summed E-state index contributed by atoms with van der Waals surface area (Å²) < 4.78 is 23.2. The number of hydrogen-bond acceptors (Lipinski definition) is 6. The van der Waals surface area contributed by atoms with Gasteiger partial charge in [0.05, 0.1) is 22.5 Å². The first kappa shape index (κ1) is 29.8. The molecule has 1 aliphatic heterocycles. The Balaban J connectivity index is 1.08. The third kappa shape index (κ3) is 6.48. The monoisotopic (exact) mass is 613 g/mol. The fraction of sp³-hybridized carbons (Fsp3) is 0.371. The second kappa shape index (κ2) is 12.4. The first-order valence-electron chi connectivity index (χ1n) is 15.2. The lowest BCUT2D eigenvalue weighted by Crippen LogP contribution is -2.37. The molecular weight excluding hydrogens is 574 g/mol. The van der Waals surface area contributed by atoms with Gasteiger partial charge in [-0.05, 0) is 69.3 Å². The van der Waals surface area contributed by atoms with Gasteiger partial charge in [0.2, 0.25) is 5.78 Å². The van der Waals surface area contributed by atoms with Crippen molar-refractivity contribution in [2.24, 2.45) is 7.05 Å². The number of ether oxygens (including phenoxy) is 3. The molecule has 8 nitrogen and oxygen atoms in total. The molecule has 230 valence electrons. The molecule has 44 heavy (non-hydrogen) atoms. The Kier molecular flexibility index (Phi) is 8.40. The summed E-state index contributed by atoms with van der Waals surface area (Å²) in [6.07, 6.45) is 4.17. The van der Waals surface area contributed by atoms with Crippen molar-refractivity contribution in [1.82, 2.24) is 14.0 Å². The number of aromatic nitrogens is 2. The van der Waals surface area contributed by atoms with Crippen LogP contribution in [0, 0.1) is 0 Å². The quantitative estimate of drug-likeness (QED) is 0.168. The molecule has 0 saturated carbocycles. The molecule has 5 aromatic rings. The number of rotatable bonds is 8. The van der Waals surface area contributed by atoms with Crippen molar-refractivity contribution in [3.05, 3.63) is 83.5 Å². The highest BCUT2D eigenvalue weighted by Gasteiger charge is 2.26. The van der Waals surface area contributed by atoms with E-state index in [1.807, 2.05) is 105 Å². The SMILES string of the molecule is Cn1c(C(=O)c2cn(CCOc3cccc(OC4CCCN(C(=O)OC(C)(C)C)CC4)c3)c3ccccc23)cc2sccc21. The van der Waals surface area contributed by atoms with E-state index in [1.54, 1.807) is 16.2 Å². The lowest BCUT2D eigenvalue weighted by molar-refractivity contribution is 0.0252. The summed E-state index contributed by atoms with van der Waals surface area (Å²) in [4.78, 5) is 28.0. The first-order valence-corrected chi connectivity index (χ1v) is 16.1. The van der Waals surface area contributed by atoms with Gasteiger partial charge in [0.25, 0.3) is 0 Å². The van der Waals surface area contributed by atoms with Crippen LogP contribution in [-0.2, 0) is 18.3 Å². The van der Waals surface area contributed by atoms with E-state index in [2.05, 4.69) is 4.57 Å². The summed E-state index contributed by atoms with van der Waals surface area (Å²) >= 11 is 1.64. The van der Waals surface area contributed by atoms with Crippen molar-refractivity contribution in [2.75, 3.05) is 19.7 Å². The van der Waals surface area contributed by atoms with Gasteiger partial charge in [-0.15, -0.1) is 11.3 Å². The van der Waals surface area contributed by atoms with Gasteiger partial charge in [0.1, 0.15) is 29.8 Å².